The van der Waals surface area contributed by atoms with Gasteiger partial charge in [-0.2, -0.15) is 0 Å². The topological polar surface area (TPSA) is 0 Å². The Morgan fingerprint density at radius 1 is 1.35 bits per heavy atom. The van der Waals surface area contributed by atoms with Gasteiger partial charge in [-0.25, -0.2) is 0 Å². The second-order valence-electron chi connectivity index (χ2n) is 4.73. The molecule has 1 atom stereocenters. The van der Waals surface area contributed by atoms with Crippen LogP contribution in [0.3, 0.4) is 0 Å². The first-order valence-electron chi connectivity index (χ1n) is 6.85. The molecule has 0 heterocycles. The SMILES string of the molecule is C=C/C=C\C(=C/C)c1ccc(I)cc1C1C=CC=CC1. The third-order valence-corrected chi connectivity index (χ3v) is 4.10. The first kappa shape index (κ1) is 15.0. The molecule has 1 heteroatoms. The lowest BCUT2D eigenvalue weighted by Crippen LogP contribution is -2.01. The van der Waals surface area contributed by atoms with Crippen LogP contribution in [0.2, 0.25) is 0 Å². The molecular weight excluding hydrogens is 355 g/mol. The zero-order valence-electron chi connectivity index (χ0n) is 11.7. The molecule has 1 unspecified atom stereocenters. The molecule has 1 aromatic rings. The van der Waals surface area contributed by atoms with Crippen molar-refractivity contribution in [2.45, 2.75) is 19.3 Å². The molecule has 1 aliphatic carbocycles. The standard InChI is InChI=1S/C19H19I/c1-3-5-9-15(4-2)18-13-12-17(20)14-19(18)16-10-7-6-8-11-16/h3-10,12-14,16H,1,11H2,2H3/b9-5-,15-4+. The van der Waals surface area contributed by atoms with Crippen molar-refractivity contribution in [1.82, 2.24) is 0 Å². The van der Waals surface area contributed by atoms with Crippen molar-refractivity contribution >= 4 is 28.2 Å². The lowest BCUT2D eigenvalue weighted by Gasteiger charge is -2.19. The monoisotopic (exact) mass is 374 g/mol. The first-order valence-corrected chi connectivity index (χ1v) is 7.92. The maximum atomic E-state index is 3.75. The Balaban J connectivity index is 2.47. The van der Waals surface area contributed by atoms with Crippen LogP contribution in [0.4, 0.5) is 0 Å². The predicted octanol–water partition coefficient (Wildman–Crippen LogP) is 6.04. The summed E-state index contributed by atoms with van der Waals surface area (Å²) in [5.41, 5.74) is 3.97. The summed E-state index contributed by atoms with van der Waals surface area (Å²) in [5.74, 6) is 0.469. The number of benzene rings is 1. The average molecular weight is 374 g/mol. The molecule has 0 aliphatic heterocycles. The van der Waals surface area contributed by atoms with Gasteiger partial charge in [0.1, 0.15) is 0 Å². The molecule has 0 saturated carbocycles. The third-order valence-electron chi connectivity index (χ3n) is 3.43. The number of halogens is 1. The highest BCUT2D eigenvalue weighted by molar-refractivity contribution is 14.1. The van der Waals surface area contributed by atoms with Crippen LogP contribution in [0, 0.1) is 3.57 Å². The molecule has 0 fully saturated rings. The Labute approximate surface area is 135 Å². The smallest absolute Gasteiger partial charge is 0.0133 e. The fourth-order valence-corrected chi connectivity index (χ4v) is 2.94. The summed E-state index contributed by atoms with van der Waals surface area (Å²) >= 11 is 2.39. The molecule has 1 aromatic carbocycles. The van der Waals surface area contributed by atoms with E-state index < -0.39 is 0 Å². The maximum Gasteiger partial charge on any atom is 0.0133 e. The van der Waals surface area contributed by atoms with E-state index in [1.165, 1.54) is 20.3 Å². The number of allylic oxidation sites excluding steroid dienone is 9. The molecule has 20 heavy (non-hydrogen) atoms. The van der Waals surface area contributed by atoms with Gasteiger partial charge >= 0.3 is 0 Å². The Bertz CT molecular complexity index is 600. The average Bonchev–Trinajstić information content (AvgIpc) is 2.50. The van der Waals surface area contributed by atoms with Crippen LogP contribution in [-0.2, 0) is 0 Å². The van der Waals surface area contributed by atoms with E-state index in [1.807, 2.05) is 12.2 Å². The zero-order valence-corrected chi connectivity index (χ0v) is 13.9. The summed E-state index contributed by atoms with van der Waals surface area (Å²) in [6, 6.07) is 6.70. The Hall–Kier alpha value is -1.35. The lowest BCUT2D eigenvalue weighted by atomic mass is 9.86. The summed E-state index contributed by atoms with van der Waals surface area (Å²) in [6.07, 6.45) is 18.0. The Kier molecular flexibility index (Phi) is 5.60. The molecule has 0 amide bonds. The normalized spacial score (nSPS) is 18.7. The number of hydrogen-bond donors (Lipinski definition) is 0. The predicted molar refractivity (Wildman–Crippen MR) is 97.8 cm³/mol. The molecule has 102 valence electrons. The third kappa shape index (κ3) is 3.60. The summed E-state index contributed by atoms with van der Waals surface area (Å²) < 4.78 is 1.28. The Morgan fingerprint density at radius 3 is 2.85 bits per heavy atom. The fourth-order valence-electron chi connectivity index (χ4n) is 2.43. The van der Waals surface area contributed by atoms with Gasteiger partial charge in [0.2, 0.25) is 0 Å². The van der Waals surface area contributed by atoms with Gasteiger partial charge in [0.15, 0.2) is 0 Å². The molecule has 0 N–H and O–H groups in total. The van der Waals surface area contributed by atoms with E-state index in [-0.39, 0.29) is 0 Å². The van der Waals surface area contributed by atoms with E-state index in [2.05, 4.69) is 90.7 Å². The van der Waals surface area contributed by atoms with Crippen molar-refractivity contribution in [3.8, 4) is 0 Å². The number of rotatable bonds is 4. The van der Waals surface area contributed by atoms with Crippen LogP contribution in [0.15, 0.2) is 73.4 Å². The van der Waals surface area contributed by atoms with E-state index in [0.29, 0.717) is 5.92 Å². The van der Waals surface area contributed by atoms with Crippen LogP contribution in [-0.4, -0.2) is 0 Å². The quantitative estimate of drug-likeness (QED) is 0.446. The van der Waals surface area contributed by atoms with Gasteiger partial charge < -0.3 is 0 Å². The summed E-state index contributed by atoms with van der Waals surface area (Å²) in [7, 11) is 0. The van der Waals surface area contributed by atoms with Crippen LogP contribution >= 0.6 is 22.6 Å². The maximum absolute atomic E-state index is 3.75. The highest BCUT2D eigenvalue weighted by atomic mass is 127. The number of hydrogen-bond acceptors (Lipinski definition) is 0. The van der Waals surface area contributed by atoms with Gasteiger partial charge in [0.05, 0.1) is 0 Å². The summed E-state index contributed by atoms with van der Waals surface area (Å²) in [6.45, 7) is 5.84. The molecule has 0 saturated heterocycles. The molecule has 0 aromatic heterocycles. The fraction of sp³-hybridized carbons (Fsp3) is 0.158. The summed E-state index contributed by atoms with van der Waals surface area (Å²) in [5, 5.41) is 0. The van der Waals surface area contributed by atoms with Crippen molar-refractivity contribution in [3.63, 3.8) is 0 Å². The van der Waals surface area contributed by atoms with Gasteiger partial charge in [-0.1, -0.05) is 61.3 Å². The molecule has 1 aliphatic rings. The van der Waals surface area contributed by atoms with Gasteiger partial charge in [-0.05, 0) is 64.8 Å². The van der Waals surface area contributed by atoms with Crippen LogP contribution < -0.4 is 0 Å². The largest absolute Gasteiger partial charge is 0.0991 e. The second kappa shape index (κ2) is 7.44. The van der Waals surface area contributed by atoms with Gasteiger partial charge in [-0.3, -0.25) is 0 Å². The first-order chi connectivity index (χ1) is 9.76. The molecule has 2 rings (SSSR count). The van der Waals surface area contributed by atoms with Crippen molar-refractivity contribution < 1.29 is 0 Å². The molecule has 0 nitrogen and oxygen atoms in total. The van der Waals surface area contributed by atoms with Crippen LogP contribution in [0.25, 0.3) is 5.57 Å². The molecule has 0 spiro atoms. The van der Waals surface area contributed by atoms with Crippen LogP contribution in [0.1, 0.15) is 30.4 Å². The van der Waals surface area contributed by atoms with E-state index in [4.69, 9.17) is 0 Å². The van der Waals surface area contributed by atoms with Crippen molar-refractivity contribution in [3.05, 3.63) is 88.1 Å². The second-order valence-corrected chi connectivity index (χ2v) is 5.97. The Morgan fingerprint density at radius 2 is 2.20 bits per heavy atom. The minimum absolute atomic E-state index is 0.469. The zero-order chi connectivity index (χ0) is 14.4. The van der Waals surface area contributed by atoms with Crippen molar-refractivity contribution in [2.24, 2.45) is 0 Å². The van der Waals surface area contributed by atoms with E-state index in [0.717, 1.165) is 6.42 Å². The minimum Gasteiger partial charge on any atom is -0.0991 e. The van der Waals surface area contributed by atoms with E-state index in [1.54, 1.807) is 0 Å². The molecule has 0 bridgehead atoms. The molecular formula is C19H19I. The van der Waals surface area contributed by atoms with E-state index in [9.17, 15) is 0 Å². The van der Waals surface area contributed by atoms with Crippen molar-refractivity contribution in [2.75, 3.05) is 0 Å². The van der Waals surface area contributed by atoms with Crippen LogP contribution in [0.5, 0.6) is 0 Å². The highest BCUT2D eigenvalue weighted by Gasteiger charge is 2.14. The summed E-state index contributed by atoms with van der Waals surface area (Å²) in [4.78, 5) is 0. The van der Waals surface area contributed by atoms with Gasteiger partial charge in [0, 0.05) is 9.49 Å². The highest BCUT2D eigenvalue weighted by Crippen LogP contribution is 2.33. The van der Waals surface area contributed by atoms with Gasteiger partial charge in [-0.15, -0.1) is 0 Å². The minimum atomic E-state index is 0.469. The van der Waals surface area contributed by atoms with Gasteiger partial charge in [0.25, 0.3) is 0 Å². The molecule has 0 radical (unpaired) electrons. The lowest BCUT2D eigenvalue weighted by molar-refractivity contribution is 0.849. The van der Waals surface area contributed by atoms with Crippen molar-refractivity contribution in [1.29, 1.82) is 0 Å². The van der Waals surface area contributed by atoms with E-state index >= 15 is 0 Å².